The van der Waals surface area contributed by atoms with Gasteiger partial charge in [0.15, 0.2) is 6.61 Å². The second-order valence-electron chi connectivity index (χ2n) is 6.52. The van der Waals surface area contributed by atoms with E-state index in [0.717, 1.165) is 5.56 Å². The van der Waals surface area contributed by atoms with Crippen molar-refractivity contribution in [3.05, 3.63) is 69.3 Å². The predicted molar refractivity (Wildman–Crippen MR) is 103 cm³/mol. The maximum atomic E-state index is 12.3. The highest BCUT2D eigenvalue weighted by Crippen LogP contribution is 2.27. The van der Waals surface area contributed by atoms with E-state index < -0.39 is 17.5 Å². The van der Waals surface area contributed by atoms with Crippen molar-refractivity contribution in [3.8, 4) is 5.75 Å². The van der Waals surface area contributed by atoms with E-state index in [1.807, 2.05) is 13.8 Å². The van der Waals surface area contributed by atoms with Gasteiger partial charge in [0.2, 0.25) is 0 Å². The van der Waals surface area contributed by atoms with Gasteiger partial charge in [-0.05, 0) is 36.1 Å². The molecule has 1 amide bonds. The number of hydrogen-bond acceptors (Lipinski definition) is 5. The summed E-state index contributed by atoms with van der Waals surface area (Å²) in [4.78, 5) is 33.5. The lowest BCUT2D eigenvalue weighted by atomic mass is 9.99. The highest BCUT2D eigenvalue weighted by Gasteiger charge is 2.19. The normalized spacial score (nSPS) is 10.5. The molecule has 0 atom stereocenters. The Morgan fingerprint density at radius 3 is 2.43 bits per heavy atom. The Kier molecular flexibility index (Phi) is 7.08. The minimum atomic E-state index is -1.05. The van der Waals surface area contributed by atoms with Crippen LogP contribution in [0.15, 0.2) is 42.5 Å². The fourth-order valence-corrected chi connectivity index (χ4v) is 2.65. The molecule has 0 bridgehead atoms. The molecule has 0 unspecified atom stereocenters. The maximum absolute atomic E-state index is 12.3. The number of aliphatic carboxylic acids is 1. The van der Waals surface area contributed by atoms with Gasteiger partial charge in [-0.3, -0.25) is 14.9 Å². The first kappa shape index (κ1) is 20.9. The molecule has 28 heavy (non-hydrogen) atoms. The van der Waals surface area contributed by atoms with Crippen LogP contribution >= 0.6 is 0 Å². The van der Waals surface area contributed by atoms with E-state index in [0.29, 0.717) is 24.3 Å². The van der Waals surface area contributed by atoms with Gasteiger partial charge >= 0.3 is 5.97 Å². The number of ether oxygens (including phenoxy) is 1. The molecule has 148 valence electrons. The smallest absolute Gasteiger partial charge is 0.341 e. The van der Waals surface area contributed by atoms with Crippen LogP contribution in [0.5, 0.6) is 5.75 Å². The third kappa shape index (κ3) is 5.80. The van der Waals surface area contributed by atoms with E-state index in [1.165, 1.54) is 6.07 Å². The summed E-state index contributed by atoms with van der Waals surface area (Å²) in [6, 6.07) is 11.4. The van der Waals surface area contributed by atoms with Crippen molar-refractivity contribution in [1.29, 1.82) is 0 Å². The summed E-state index contributed by atoms with van der Waals surface area (Å²) in [5.41, 5.74) is 1.71. The number of nitro benzene ring substituents is 1. The van der Waals surface area contributed by atoms with Crippen LogP contribution in [-0.4, -0.2) is 35.1 Å². The summed E-state index contributed by atoms with van der Waals surface area (Å²) in [6.45, 7) is 3.67. The average Bonchev–Trinajstić information content (AvgIpc) is 2.66. The van der Waals surface area contributed by atoms with E-state index in [9.17, 15) is 19.7 Å². The minimum absolute atomic E-state index is 0.0139. The van der Waals surface area contributed by atoms with Gasteiger partial charge in [-0.2, -0.15) is 0 Å². The first-order valence-corrected chi connectivity index (χ1v) is 8.78. The molecule has 2 rings (SSSR count). The molecule has 0 spiro atoms. The molecule has 8 heteroatoms. The van der Waals surface area contributed by atoms with E-state index in [1.54, 1.807) is 36.4 Å². The average molecular weight is 386 g/mol. The molecule has 0 saturated heterocycles. The highest BCUT2D eigenvalue weighted by molar-refractivity contribution is 5.95. The van der Waals surface area contributed by atoms with E-state index in [2.05, 4.69) is 5.32 Å². The standard InChI is InChI=1S/C20H22N2O6/c1-13(2)17-8-5-15(11-18(17)22(26)27)20(25)21-10-9-14-3-6-16(7-4-14)28-12-19(23)24/h3-8,11,13H,9-10,12H2,1-2H3,(H,21,25)(H,23,24). The lowest BCUT2D eigenvalue weighted by Crippen LogP contribution is -2.25. The Morgan fingerprint density at radius 2 is 1.86 bits per heavy atom. The van der Waals surface area contributed by atoms with Gasteiger partial charge in [0.05, 0.1) is 4.92 Å². The van der Waals surface area contributed by atoms with Crippen molar-refractivity contribution in [2.75, 3.05) is 13.2 Å². The van der Waals surface area contributed by atoms with E-state index >= 15 is 0 Å². The van der Waals surface area contributed by atoms with Gasteiger partial charge in [0.25, 0.3) is 11.6 Å². The number of hydrogen-bond donors (Lipinski definition) is 2. The first-order valence-electron chi connectivity index (χ1n) is 8.78. The molecule has 2 aromatic carbocycles. The lowest BCUT2D eigenvalue weighted by Gasteiger charge is -2.09. The number of nitro groups is 1. The molecular formula is C20H22N2O6. The number of carbonyl (C=O) groups excluding carboxylic acids is 1. The Labute approximate surface area is 162 Å². The molecule has 0 saturated carbocycles. The van der Waals surface area contributed by atoms with Crippen LogP contribution < -0.4 is 10.1 Å². The topological polar surface area (TPSA) is 119 Å². The Bertz CT molecular complexity index is 861. The summed E-state index contributed by atoms with van der Waals surface area (Å²) in [5, 5.41) is 22.6. The SMILES string of the molecule is CC(C)c1ccc(C(=O)NCCc2ccc(OCC(=O)O)cc2)cc1[N+](=O)[O-]. The molecule has 0 aromatic heterocycles. The van der Waals surface area contributed by atoms with Crippen LogP contribution in [0.2, 0.25) is 0 Å². The molecule has 0 aliphatic rings. The third-order valence-electron chi connectivity index (χ3n) is 4.10. The van der Waals surface area contributed by atoms with Crippen LogP contribution in [0.3, 0.4) is 0 Å². The fourth-order valence-electron chi connectivity index (χ4n) is 2.65. The van der Waals surface area contributed by atoms with Crippen molar-refractivity contribution in [2.24, 2.45) is 0 Å². The maximum Gasteiger partial charge on any atom is 0.341 e. The van der Waals surface area contributed by atoms with Gasteiger partial charge < -0.3 is 15.2 Å². The van der Waals surface area contributed by atoms with Crippen molar-refractivity contribution in [1.82, 2.24) is 5.32 Å². The molecule has 0 fully saturated rings. The summed E-state index contributed by atoms with van der Waals surface area (Å²) in [6.07, 6.45) is 0.553. The number of rotatable bonds is 9. The van der Waals surface area contributed by atoms with E-state index in [4.69, 9.17) is 9.84 Å². The van der Waals surface area contributed by atoms with Crippen LogP contribution in [0.4, 0.5) is 5.69 Å². The number of carboxylic acids is 1. The first-order chi connectivity index (χ1) is 13.3. The molecule has 0 radical (unpaired) electrons. The quantitative estimate of drug-likeness (QED) is 0.505. The highest BCUT2D eigenvalue weighted by atomic mass is 16.6. The molecule has 0 aliphatic carbocycles. The van der Waals surface area contributed by atoms with Crippen LogP contribution in [-0.2, 0) is 11.2 Å². The summed E-state index contributed by atoms with van der Waals surface area (Å²) >= 11 is 0. The zero-order chi connectivity index (χ0) is 20.7. The fraction of sp³-hybridized carbons (Fsp3) is 0.300. The molecule has 0 aliphatic heterocycles. The van der Waals surface area contributed by atoms with Crippen LogP contribution in [0.1, 0.15) is 41.3 Å². The number of carbonyl (C=O) groups is 2. The number of carboxylic acid groups (broad SMARTS) is 1. The lowest BCUT2D eigenvalue weighted by molar-refractivity contribution is -0.385. The second-order valence-corrected chi connectivity index (χ2v) is 6.52. The van der Waals surface area contributed by atoms with Gasteiger partial charge in [-0.15, -0.1) is 0 Å². The zero-order valence-electron chi connectivity index (χ0n) is 15.7. The molecule has 2 N–H and O–H groups in total. The van der Waals surface area contributed by atoms with Gasteiger partial charge in [-0.25, -0.2) is 4.79 Å². The zero-order valence-corrected chi connectivity index (χ0v) is 15.7. The van der Waals surface area contributed by atoms with Gasteiger partial charge in [0.1, 0.15) is 5.75 Å². The van der Waals surface area contributed by atoms with Gasteiger partial charge in [-0.1, -0.05) is 32.0 Å². The number of nitrogens with one attached hydrogen (secondary N) is 1. The van der Waals surface area contributed by atoms with Crippen LogP contribution in [0.25, 0.3) is 0 Å². The predicted octanol–water partition coefficient (Wildman–Crippen LogP) is 3.15. The van der Waals surface area contributed by atoms with Crippen molar-refractivity contribution >= 4 is 17.6 Å². The minimum Gasteiger partial charge on any atom is -0.482 e. The Morgan fingerprint density at radius 1 is 1.18 bits per heavy atom. The van der Waals surface area contributed by atoms with Crippen molar-refractivity contribution < 1.29 is 24.4 Å². The molecular weight excluding hydrogens is 364 g/mol. The molecule has 0 heterocycles. The van der Waals surface area contributed by atoms with Crippen LogP contribution in [0, 0.1) is 10.1 Å². The monoisotopic (exact) mass is 386 g/mol. The summed E-state index contributed by atoms with van der Waals surface area (Å²) in [7, 11) is 0. The second kappa shape index (κ2) is 9.50. The summed E-state index contributed by atoms with van der Waals surface area (Å²) < 4.78 is 5.06. The molecule has 2 aromatic rings. The third-order valence-corrected chi connectivity index (χ3v) is 4.10. The Hall–Kier alpha value is -3.42. The summed E-state index contributed by atoms with van der Waals surface area (Å²) in [5.74, 6) is -0.985. The largest absolute Gasteiger partial charge is 0.482 e. The Balaban J connectivity index is 1.92. The van der Waals surface area contributed by atoms with Crippen molar-refractivity contribution in [3.63, 3.8) is 0 Å². The molecule has 8 nitrogen and oxygen atoms in total. The number of benzene rings is 2. The van der Waals surface area contributed by atoms with Gasteiger partial charge in [0, 0.05) is 23.7 Å². The number of amides is 1. The van der Waals surface area contributed by atoms with Crippen molar-refractivity contribution in [2.45, 2.75) is 26.2 Å². The van der Waals surface area contributed by atoms with E-state index in [-0.39, 0.29) is 23.1 Å². The number of nitrogens with zero attached hydrogens (tertiary/aromatic N) is 1.